The van der Waals surface area contributed by atoms with Crippen LogP contribution in [0.3, 0.4) is 0 Å². The van der Waals surface area contributed by atoms with Crippen molar-refractivity contribution in [3.63, 3.8) is 0 Å². The van der Waals surface area contributed by atoms with Gasteiger partial charge in [0.25, 0.3) is 0 Å². The molecule has 1 N–H and O–H groups in total. The van der Waals surface area contributed by atoms with E-state index in [0.29, 0.717) is 0 Å². The average molecular weight is 352 g/mol. The lowest BCUT2D eigenvalue weighted by Gasteiger charge is -2.21. The third-order valence-electron chi connectivity index (χ3n) is 3.87. The van der Waals surface area contributed by atoms with Crippen molar-refractivity contribution in [2.24, 2.45) is 7.05 Å². The summed E-state index contributed by atoms with van der Waals surface area (Å²) in [5.74, 6) is -0.0364. The molecule has 0 spiro atoms. The largest absolute Gasteiger partial charge is 0.344 e. The van der Waals surface area contributed by atoms with Crippen molar-refractivity contribution in [1.29, 1.82) is 0 Å². The van der Waals surface area contributed by atoms with Crippen LogP contribution in [0.4, 0.5) is 0 Å². The highest BCUT2D eigenvalue weighted by Gasteiger charge is 2.22. The summed E-state index contributed by atoms with van der Waals surface area (Å²) >= 11 is 1.39. The lowest BCUT2D eigenvalue weighted by molar-refractivity contribution is -0.120. The number of hydrogen-bond acceptors (Lipinski definition) is 4. The molecule has 5 nitrogen and oxygen atoms in total. The van der Waals surface area contributed by atoms with Gasteiger partial charge in [-0.15, -0.1) is 10.2 Å². The van der Waals surface area contributed by atoms with Crippen LogP contribution in [0, 0.1) is 0 Å². The molecular formula is C19H20N4OS. The summed E-state index contributed by atoms with van der Waals surface area (Å²) in [4.78, 5) is 12.7. The monoisotopic (exact) mass is 352 g/mol. The quantitative estimate of drug-likeness (QED) is 0.692. The van der Waals surface area contributed by atoms with Crippen LogP contribution in [0.15, 0.2) is 72.1 Å². The highest BCUT2D eigenvalue weighted by Crippen LogP contribution is 2.25. The van der Waals surface area contributed by atoms with Gasteiger partial charge in [-0.2, -0.15) is 0 Å². The minimum absolute atomic E-state index is 0.0364. The van der Waals surface area contributed by atoms with Gasteiger partial charge in [0.1, 0.15) is 6.33 Å². The molecule has 3 rings (SSSR count). The van der Waals surface area contributed by atoms with Gasteiger partial charge in [0.2, 0.25) is 5.91 Å². The maximum absolute atomic E-state index is 12.7. The Morgan fingerprint density at radius 3 is 2.08 bits per heavy atom. The predicted molar refractivity (Wildman–Crippen MR) is 99.2 cm³/mol. The van der Waals surface area contributed by atoms with E-state index in [1.54, 1.807) is 10.9 Å². The highest BCUT2D eigenvalue weighted by atomic mass is 32.2. The Bertz CT molecular complexity index is 780. The molecule has 0 saturated carbocycles. The number of nitrogens with one attached hydrogen (secondary N) is 1. The molecule has 0 aliphatic carbocycles. The van der Waals surface area contributed by atoms with Crippen LogP contribution in [-0.2, 0) is 11.8 Å². The summed E-state index contributed by atoms with van der Waals surface area (Å²) in [6.45, 7) is 1.88. The van der Waals surface area contributed by atoms with Gasteiger partial charge < -0.3 is 9.88 Å². The normalized spacial score (nSPS) is 12.1. The van der Waals surface area contributed by atoms with Gasteiger partial charge in [-0.1, -0.05) is 72.4 Å². The molecule has 6 heteroatoms. The van der Waals surface area contributed by atoms with E-state index in [1.165, 1.54) is 11.8 Å². The lowest BCUT2D eigenvalue weighted by Crippen LogP contribution is -2.35. The van der Waals surface area contributed by atoms with E-state index < -0.39 is 0 Å². The van der Waals surface area contributed by atoms with Crippen LogP contribution < -0.4 is 5.32 Å². The Morgan fingerprint density at radius 1 is 1.04 bits per heavy atom. The number of amides is 1. The van der Waals surface area contributed by atoms with Crippen LogP contribution in [0.2, 0.25) is 0 Å². The molecule has 0 bridgehead atoms. The maximum atomic E-state index is 12.7. The van der Waals surface area contributed by atoms with Crippen LogP contribution >= 0.6 is 11.8 Å². The van der Waals surface area contributed by atoms with Crippen molar-refractivity contribution in [3.05, 3.63) is 78.1 Å². The Kier molecular flexibility index (Phi) is 5.50. The molecule has 1 atom stereocenters. The van der Waals surface area contributed by atoms with E-state index in [4.69, 9.17) is 0 Å². The molecule has 0 unspecified atom stereocenters. The molecular weight excluding hydrogens is 332 g/mol. The number of carbonyl (C=O) groups excluding carboxylic acids is 1. The smallest absolute Gasteiger partial charge is 0.234 e. The molecule has 25 heavy (non-hydrogen) atoms. The minimum Gasteiger partial charge on any atom is -0.344 e. The van der Waals surface area contributed by atoms with Crippen LogP contribution in [0.25, 0.3) is 0 Å². The molecule has 1 aromatic heterocycles. The van der Waals surface area contributed by atoms with Gasteiger partial charge in [-0.3, -0.25) is 4.79 Å². The highest BCUT2D eigenvalue weighted by molar-refractivity contribution is 8.00. The number of nitrogens with zero attached hydrogens (tertiary/aromatic N) is 3. The first-order valence-electron chi connectivity index (χ1n) is 8.06. The zero-order valence-electron chi connectivity index (χ0n) is 14.2. The third-order valence-corrected chi connectivity index (χ3v) is 5.02. The SMILES string of the molecule is C[C@@H](Sc1nncn1C)C(=O)NC(c1ccccc1)c1ccccc1. The molecule has 128 valence electrons. The molecule has 3 aromatic rings. The number of carbonyl (C=O) groups is 1. The van der Waals surface area contributed by atoms with Crippen LogP contribution in [-0.4, -0.2) is 25.9 Å². The molecule has 0 radical (unpaired) electrons. The number of aromatic nitrogens is 3. The van der Waals surface area contributed by atoms with Gasteiger partial charge in [0.05, 0.1) is 11.3 Å². The predicted octanol–water partition coefficient (Wildman–Crippen LogP) is 3.20. The standard InChI is InChI=1S/C19H20N4OS/c1-14(25-19-22-20-13-23(19)2)18(24)21-17(15-9-5-3-6-10-15)16-11-7-4-8-12-16/h3-14,17H,1-2H3,(H,21,24)/t14-/m1/s1. The fourth-order valence-electron chi connectivity index (χ4n) is 2.50. The van der Waals surface area contributed by atoms with Gasteiger partial charge in [0.15, 0.2) is 5.16 Å². The Balaban J connectivity index is 1.78. The van der Waals surface area contributed by atoms with E-state index in [9.17, 15) is 4.79 Å². The molecule has 1 amide bonds. The molecule has 0 saturated heterocycles. The number of benzene rings is 2. The van der Waals surface area contributed by atoms with E-state index in [2.05, 4.69) is 15.5 Å². The number of hydrogen-bond donors (Lipinski definition) is 1. The summed E-state index contributed by atoms with van der Waals surface area (Å²) in [6, 6.07) is 19.8. The van der Waals surface area contributed by atoms with Crippen molar-refractivity contribution >= 4 is 17.7 Å². The zero-order valence-corrected chi connectivity index (χ0v) is 15.0. The third kappa shape index (κ3) is 4.28. The second kappa shape index (κ2) is 7.98. The van der Waals surface area contributed by atoms with E-state index in [-0.39, 0.29) is 17.2 Å². The number of rotatable bonds is 6. The van der Waals surface area contributed by atoms with Crippen molar-refractivity contribution in [2.45, 2.75) is 23.4 Å². The van der Waals surface area contributed by atoms with Crippen LogP contribution in [0.5, 0.6) is 0 Å². The second-order valence-corrected chi connectivity index (χ2v) is 7.06. The van der Waals surface area contributed by atoms with E-state index in [1.807, 2.05) is 74.6 Å². The summed E-state index contributed by atoms with van der Waals surface area (Å²) in [6.07, 6.45) is 1.63. The first-order valence-corrected chi connectivity index (χ1v) is 8.94. The fourth-order valence-corrected chi connectivity index (χ4v) is 3.30. The summed E-state index contributed by atoms with van der Waals surface area (Å²) in [7, 11) is 1.86. The van der Waals surface area contributed by atoms with E-state index in [0.717, 1.165) is 16.3 Å². The Hall–Kier alpha value is -2.60. The van der Waals surface area contributed by atoms with Gasteiger partial charge in [0, 0.05) is 7.05 Å². The topological polar surface area (TPSA) is 59.8 Å². The van der Waals surface area contributed by atoms with Gasteiger partial charge >= 0.3 is 0 Å². The average Bonchev–Trinajstić information content (AvgIpc) is 3.05. The van der Waals surface area contributed by atoms with Crippen molar-refractivity contribution in [3.8, 4) is 0 Å². The van der Waals surface area contributed by atoms with Crippen LogP contribution in [0.1, 0.15) is 24.1 Å². The minimum atomic E-state index is -0.280. The summed E-state index contributed by atoms with van der Waals surface area (Å²) in [5.41, 5.74) is 2.11. The molecule has 0 aliphatic heterocycles. The summed E-state index contributed by atoms with van der Waals surface area (Å²) in [5, 5.41) is 11.5. The Morgan fingerprint density at radius 2 is 1.60 bits per heavy atom. The number of aryl methyl sites for hydroxylation is 1. The molecule has 2 aromatic carbocycles. The first kappa shape index (κ1) is 17.2. The number of thioether (sulfide) groups is 1. The van der Waals surface area contributed by atoms with Crippen molar-refractivity contribution in [2.75, 3.05) is 0 Å². The van der Waals surface area contributed by atoms with Crippen molar-refractivity contribution in [1.82, 2.24) is 20.1 Å². The summed E-state index contributed by atoms with van der Waals surface area (Å²) < 4.78 is 1.81. The van der Waals surface area contributed by atoms with Gasteiger partial charge in [-0.05, 0) is 18.1 Å². The maximum Gasteiger partial charge on any atom is 0.234 e. The zero-order chi connectivity index (χ0) is 17.6. The first-order chi connectivity index (χ1) is 12.1. The molecule has 1 heterocycles. The molecule has 0 aliphatic rings. The Labute approximate surface area is 151 Å². The lowest BCUT2D eigenvalue weighted by atomic mass is 9.98. The second-order valence-electron chi connectivity index (χ2n) is 5.75. The van der Waals surface area contributed by atoms with Gasteiger partial charge in [-0.25, -0.2) is 0 Å². The van der Waals surface area contributed by atoms with E-state index >= 15 is 0 Å². The molecule has 0 fully saturated rings. The fraction of sp³-hybridized carbons (Fsp3) is 0.211. The van der Waals surface area contributed by atoms with Crippen molar-refractivity contribution < 1.29 is 4.79 Å².